The first-order chi connectivity index (χ1) is 24.9. The summed E-state index contributed by atoms with van der Waals surface area (Å²) >= 11 is 0. The van der Waals surface area contributed by atoms with Crippen LogP contribution in [0.15, 0.2) is 35.3 Å². The summed E-state index contributed by atoms with van der Waals surface area (Å²) in [4.78, 5) is 42.3. The highest BCUT2D eigenvalue weighted by Gasteiger charge is 2.45. The number of aromatic nitrogens is 1. The van der Waals surface area contributed by atoms with E-state index in [0.717, 1.165) is 12.3 Å². The number of benzene rings is 2. The number of ether oxygens (including phenoxy) is 1. The average Bonchev–Trinajstić information content (AvgIpc) is 3.04. The van der Waals surface area contributed by atoms with E-state index in [1.165, 1.54) is 26.8 Å². The third-order valence-corrected chi connectivity index (χ3v) is 9.52. The fourth-order valence-electron chi connectivity index (χ4n) is 6.11. The number of esters is 1. The summed E-state index contributed by atoms with van der Waals surface area (Å²) in [5, 5.41) is -0.679. The zero-order valence-electron chi connectivity index (χ0n) is 30.7. The first-order valence-electron chi connectivity index (χ1n) is 17.0. The van der Waals surface area contributed by atoms with Gasteiger partial charge in [-0.05, 0) is 87.5 Å². The Balaban J connectivity index is 2.38. The van der Waals surface area contributed by atoms with Crippen LogP contribution >= 0.6 is 0 Å². The number of nitrogens with one attached hydrogen (secondary N) is 1. The monoisotopic (exact) mass is 790 g/mol. The van der Waals surface area contributed by atoms with Crippen molar-refractivity contribution in [2.45, 2.75) is 84.4 Å². The highest BCUT2D eigenvalue weighted by Crippen LogP contribution is 2.43. The van der Waals surface area contributed by atoms with Crippen molar-refractivity contribution in [1.29, 1.82) is 0 Å². The van der Waals surface area contributed by atoms with E-state index in [-0.39, 0.29) is 54.3 Å². The van der Waals surface area contributed by atoms with Gasteiger partial charge in [-0.2, -0.15) is 26.3 Å². The Labute approximate surface area is 310 Å². The molecule has 0 aliphatic heterocycles. The molecule has 1 amide bonds. The molecule has 1 N–H and O–H groups in total. The summed E-state index contributed by atoms with van der Waals surface area (Å²) in [6.45, 7) is 9.20. The van der Waals surface area contributed by atoms with Crippen LogP contribution in [-0.4, -0.2) is 58.3 Å². The van der Waals surface area contributed by atoms with E-state index < -0.39 is 93.0 Å². The molecule has 3 rings (SSSR count). The topological polar surface area (TPSA) is 80.6 Å². The Morgan fingerprint density at radius 1 is 0.963 bits per heavy atom. The molecule has 295 valence electrons. The number of aryl methyl sites for hydroxylation is 1. The van der Waals surface area contributed by atoms with E-state index in [4.69, 9.17) is 4.74 Å². The molecule has 0 aliphatic carbocycles. The number of rotatable bonds is 14. The van der Waals surface area contributed by atoms with Gasteiger partial charge in [-0.3, -0.25) is 14.4 Å². The van der Waals surface area contributed by atoms with Crippen LogP contribution in [0.1, 0.15) is 80.0 Å². The largest absolute Gasteiger partial charge is 0.466 e. The average molecular weight is 791 g/mol. The van der Waals surface area contributed by atoms with Gasteiger partial charge in [0, 0.05) is 29.9 Å². The number of hydrogen-bond donors (Lipinski definition) is 1. The van der Waals surface area contributed by atoms with Crippen molar-refractivity contribution in [2.75, 3.05) is 26.7 Å². The Bertz CT molecular complexity index is 1930. The zero-order valence-corrected chi connectivity index (χ0v) is 31.7. The molecular formula is C37H41F9N3O4Si. The van der Waals surface area contributed by atoms with Gasteiger partial charge in [0.05, 0.1) is 39.6 Å². The van der Waals surface area contributed by atoms with Crippen LogP contribution in [0, 0.1) is 37.2 Å². The quantitative estimate of drug-likeness (QED) is 0.103. The van der Waals surface area contributed by atoms with Gasteiger partial charge < -0.3 is 19.5 Å². The summed E-state index contributed by atoms with van der Waals surface area (Å²) < 4.78 is 139. The molecule has 54 heavy (non-hydrogen) atoms. The summed E-state index contributed by atoms with van der Waals surface area (Å²) in [5.41, 5.74) is -7.81. The Kier molecular flexibility index (Phi) is 14.0. The maximum Gasteiger partial charge on any atom is 0.419 e. The lowest BCUT2D eigenvalue weighted by Gasteiger charge is -2.35. The number of carbonyl (C=O) groups is 2. The van der Waals surface area contributed by atoms with E-state index in [1.807, 2.05) is 0 Å². The van der Waals surface area contributed by atoms with Crippen molar-refractivity contribution >= 4 is 22.1 Å². The lowest BCUT2D eigenvalue weighted by Crippen LogP contribution is -2.52. The van der Waals surface area contributed by atoms with E-state index in [0.29, 0.717) is 17.2 Å². The first-order valence-corrected chi connectivity index (χ1v) is 17.5. The van der Waals surface area contributed by atoms with Crippen LogP contribution in [0.3, 0.4) is 0 Å². The maximum absolute atomic E-state index is 16.8. The number of pyridine rings is 1. The summed E-state index contributed by atoms with van der Waals surface area (Å²) in [6, 6.07) is 0.944. The van der Waals surface area contributed by atoms with Gasteiger partial charge in [0.25, 0.3) is 5.56 Å². The number of likely N-dealkylation sites (N-methyl/N-ethyl adjacent to an activating group) is 1. The molecule has 0 bridgehead atoms. The van der Waals surface area contributed by atoms with Crippen LogP contribution in [0.5, 0.6) is 0 Å². The van der Waals surface area contributed by atoms with Crippen LogP contribution in [0.4, 0.5) is 39.5 Å². The van der Waals surface area contributed by atoms with Crippen LogP contribution < -0.4 is 10.9 Å². The normalized spacial score (nSPS) is 14.0. The molecule has 1 heterocycles. The van der Waals surface area contributed by atoms with Crippen molar-refractivity contribution in [3.8, 4) is 11.1 Å². The molecular weight excluding hydrogens is 749 g/mol. The van der Waals surface area contributed by atoms with Crippen molar-refractivity contribution < 1.29 is 53.8 Å². The van der Waals surface area contributed by atoms with Crippen LogP contribution in [0.2, 0.25) is 0 Å². The summed E-state index contributed by atoms with van der Waals surface area (Å²) in [5.74, 6) is -7.84. The number of alkyl halides is 6. The fourth-order valence-corrected chi connectivity index (χ4v) is 6.60. The predicted molar refractivity (Wildman–Crippen MR) is 184 cm³/mol. The van der Waals surface area contributed by atoms with Gasteiger partial charge in [0.2, 0.25) is 5.91 Å². The molecule has 0 saturated heterocycles. The fraction of sp³-hybridized carbons (Fsp3) is 0.486. The van der Waals surface area contributed by atoms with Gasteiger partial charge in [-0.1, -0.05) is 26.8 Å². The lowest BCUT2D eigenvalue weighted by atomic mass is 9.88. The third kappa shape index (κ3) is 9.94. The van der Waals surface area contributed by atoms with Crippen molar-refractivity contribution in [2.24, 2.45) is 5.92 Å². The van der Waals surface area contributed by atoms with Crippen molar-refractivity contribution in [3.05, 3.63) is 91.6 Å². The third-order valence-electron chi connectivity index (χ3n) is 8.97. The smallest absolute Gasteiger partial charge is 0.419 e. The van der Waals surface area contributed by atoms with Gasteiger partial charge in [-0.15, -0.1) is 0 Å². The number of hydrogen-bond acceptors (Lipinski definition) is 5. The maximum atomic E-state index is 16.8. The van der Waals surface area contributed by atoms with Crippen LogP contribution in [0.25, 0.3) is 11.1 Å². The van der Waals surface area contributed by atoms with Gasteiger partial charge >= 0.3 is 18.3 Å². The van der Waals surface area contributed by atoms with Crippen molar-refractivity contribution in [1.82, 2.24) is 14.8 Å². The predicted octanol–water partition coefficient (Wildman–Crippen LogP) is 7.76. The number of nitrogens with zero attached hydrogens (tertiary/aromatic N) is 2. The second kappa shape index (κ2) is 17.1. The standard InChI is InChI=1S/C37H41F9N3O4Si/c1-8-48(7)13-12-22-18-49(28(50)16-24(22)36(41,42)43)27(14-19(3)4)34(52)47-35(54,17-29(51)53-9-2)31-32(39)23(15-25(33(31)40)37(44,45)46)30-20(5)10-11-26(38)21(30)6/h10-11,15-16,18-19,27H,8-9,12-14,17H2,1-7H3,(H,47,52)/t27?,35-/m0/s1. The molecule has 3 radical (unpaired) electrons. The van der Waals surface area contributed by atoms with E-state index in [1.54, 1.807) is 32.7 Å². The van der Waals surface area contributed by atoms with Gasteiger partial charge in [-0.25, -0.2) is 13.2 Å². The van der Waals surface area contributed by atoms with Gasteiger partial charge in [0.1, 0.15) is 23.5 Å². The number of halogens is 9. The molecule has 1 unspecified atom stereocenters. The second-order valence-corrected chi connectivity index (χ2v) is 14.3. The van der Waals surface area contributed by atoms with E-state index in [2.05, 4.69) is 15.6 Å². The highest BCUT2D eigenvalue weighted by atomic mass is 28.1. The minimum atomic E-state index is -5.48. The minimum Gasteiger partial charge on any atom is -0.466 e. The van der Waals surface area contributed by atoms with Crippen molar-refractivity contribution in [3.63, 3.8) is 0 Å². The molecule has 0 aliphatic rings. The minimum absolute atomic E-state index is 0.104. The zero-order chi connectivity index (χ0) is 41.1. The molecule has 17 heteroatoms. The molecule has 7 nitrogen and oxygen atoms in total. The Hall–Kier alpha value is -4.12. The number of amides is 1. The Morgan fingerprint density at radius 2 is 1.57 bits per heavy atom. The molecule has 0 saturated carbocycles. The summed E-state index contributed by atoms with van der Waals surface area (Å²) in [6.07, 6.45) is -11.2. The van der Waals surface area contributed by atoms with Gasteiger partial charge in [0.15, 0.2) is 0 Å². The first kappa shape index (κ1) is 44.3. The number of carbonyl (C=O) groups excluding carboxylic acids is 2. The van der Waals surface area contributed by atoms with Crippen LogP contribution in [-0.2, 0) is 38.3 Å². The van der Waals surface area contributed by atoms with E-state index >= 15 is 8.78 Å². The summed E-state index contributed by atoms with van der Waals surface area (Å²) in [7, 11) is 4.69. The SMILES string of the molecule is CCOC(=O)C[C@@]([Si])(NC(=O)C(CC(C)C)n1cc(CCN(C)CC)c(C(F)(F)F)cc1=O)c1c(F)c(-c2c(C)ccc(F)c2C)cc(C(F)(F)F)c1F. The molecule has 1 aromatic heterocycles. The molecule has 0 spiro atoms. The van der Waals surface area contributed by atoms with E-state index in [9.17, 15) is 45.1 Å². The molecule has 2 aromatic carbocycles. The molecule has 0 fully saturated rings. The highest BCUT2D eigenvalue weighted by molar-refractivity contribution is 6.18. The second-order valence-electron chi connectivity index (χ2n) is 13.5. The lowest BCUT2D eigenvalue weighted by molar-refractivity contribution is -0.144. The Morgan fingerprint density at radius 3 is 2.11 bits per heavy atom. The molecule has 2 atom stereocenters. The molecule has 3 aromatic rings.